The summed E-state index contributed by atoms with van der Waals surface area (Å²) in [5, 5.41) is 0. The number of anilines is 3. The Bertz CT molecular complexity index is 1330. The van der Waals surface area contributed by atoms with E-state index in [0.717, 1.165) is 106 Å². The highest BCUT2D eigenvalue weighted by atomic mass is 19.1. The van der Waals surface area contributed by atoms with E-state index in [1.54, 1.807) is 18.3 Å². The smallest absolute Gasteiger partial charge is 0.255 e. The van der Waals surface area contributed by atoms with Crippen LogP contribution in [0.2, 0.25) is 0 Å². The zero-order valence-corrected chi connectivity index (χ0v) is 22.8. The van der Waals surface area contributed by atoms with Gasteiger partial charge in [-0.05, 0) is 75.4 Å². The highest BCUT2D eigenvalue weighted by molar-refractivity contribution is 5.94. The van der Waals surface area contributed by atoms with Crippen molar-refractivity contribution in [2.75, 3.05) is 60.5 Å². The molecule has 1 unspecified atom stereocenters. The molecule has 3 saturated heterocycles. The standard InChI is InChI=1S/C30H36FN7O/c1-21-18-24(29(39)37-11-3-4-12-37)20-32-28(21)36-16-14-35(15-17-36)27-19-26(23-7-9-25(31)10-8-23)33-30(34-27)38-13-5-6-22(38)2/h7-10,18-20,22H,3-6,11-17H2,1-2H3. The highest BCUT2D eigenvalue weighted by Gasteiger charge is 2.27. The number of likely N-dealkylation sites (tertiary alicyclic amines) is 1. The lowest BCUT2D eigenvalue weighted by Crippen LogP contribution is -2.47. The summed E-state index contributed by atoms with van der Waals surface area (Å²) in [6.45, 7) is 10.1. The number of piperazine rings is 1. The quantitative estimate of drug-likeness (QED) is 0.481. The number of halogens is 1. The molecule has 6 rings (SSSR count). The molecule has 204 valence electrons. The fourth-order valence-corrected chi connectivity index (χ4v) is 5.98. The maximum Gasteiger partial charge on any atom is 0.255 e. The molecule has 3 fully saturated rings. The summed E-state index contributed by atoms with van der Waals surface area (Å²) in [6, 6.07) is 10.9. The second kappa shape index (κ2) is 10.8. The molecule has 8 nitrogen and oxygen atoms in total. The molecule has 1 aromatic carbocycles. The average molecular weight is 530 g/mol. The minimum Gasteiger partial charge on any atom is -0.353 e. The van der Waals surface area contributed by atoms with Crippen LogP contribution in [-0.2, 0) is 0 Å². The van der Waals surface area contributed by atoms with Gasteiger partial charge in [0.25, 0.3) is 5.91 Å². The van der Waals surface area contributed by atoms with Crippen LogP contribution in [0, 0.1) is 12.7 Å². The van der Waals surface area contributed by atoms with Gasteiger partial charge < -0.3 is 19.6 Å². The van der Waals surface area contributed by atoms with E-state index in [9.17, 15) is 9.18 Å². The summed E-state index contributed by atoms with van der Waals surface area (Å²) < 4.78 is 13.6. The molecule has 0 spiro atoms. The molecular formula is C30H36FN7O. The maximum absolute atomic E-state index is 13.6. The van der Waals surface area contributed by atoms with Crippen molar-refractivity contribution in [1.29, 1.82) is 0 Å². The summed E-state index contributed by atoms with van der Waals surface area (Å²) >= 11 is 0. The van der Waals surface area contributed by atoms with Crippen LogP contribution in [-0.4, -0.2) is 77.6 Å². The lowest BCUT2D eigenvalue weighted by molar-refractivity contribution is 0.0792. The fourth-order valence-electron chi connectivity index (χ4n) is 5.98. The van der Waals surface area contributed by atoms with E-state index in [1.807, 2.05) is 24.0 Å². The van der Waals surface area contributed by atoms with Crippen molar-refractivity contribution >= 4 is 23.5 Å². The van der Waals surface area contributed by atoms with Gasteiger partial charge in [-0.15, -0.1) is 0 Å². The monoisotopic (exact) mass is 529 g/mol. The predicted molar refractivity (Wildman–Crippen MR) is 152 cm³/mol. The minimum absolute atomic E-state index is 0.0864. The first-order valence-corrected chi connectivity index (χ1v) is 14.1. The maximum atomic E-state index is 13.6. The zero-order chi connectivity index (χ0) is 26.9. The van der Waals surface area contributed by atoms with Gasteiger partial charge in [-0.1, -0.05) is 0 Å². The number of hydrogen-bond donors (Lipinski definition) is 0. The van der Waals surface area contributed by atoms with Crippen molar-refractivity contribution < 1.29 is 9.18 Å². The van der Waals surface area contributed by atoms with Crippen molar-refractivity contribution in [3.8, 4) is 11.3 Å². The molecule has 9 heteroatoms. The Morgan fingerprint density at radius 1 is 0.897 bits per heavy atom. The molecule has 39 heavy (non-hydrogen) atoms. The van der Waals surface area contributed by atoms with Gasteiger partial charge >= 0.3 is 0 Å². The third kappa shape index (κ3) is 5.27. The fraction of sp³-hybridized carbons (Fsp3) is 0.467. The number of carbonyl (C=O) groups excluding carboxylic acids is 1. The van der Waals surface area contributed by atoms with E-state index in [4.69, 9.17) is 15.0 Å². The Balaban J connectivity index is 1.20. The second-order valence-electron chi connectivity index (χ2n) is 10.9. The van der Waals surface area contributed by atoms with Crippen LogP contribution >= 0.6 is 0 Å². The topological polar surface area (TPSA) is 68.7 Å². The molecule has 3 aliphatic heterocycles. The van der Waals surface area contributed by atoms with Crippen LogP contribution in [0.3, 0.4) is 0 Å². The van der Waals surface area contributed by atoms with Crippen LogP contribution < -0.4 is 14.7 Å². The summed E-state index contributed by atoms with van der Waals surface area (Å²) in [7, 11) is 0. The molecule has 3 aliphatic rings. The normalized spacial score (nSPS) is 19.7. The Hall–Kier alpha value is -3.75. The van der Waals surface area contributed by atoms with Gasteiger partial charge in [0, 0.05) is 69.7 Å². The molecular weight excluding hydrogens is 493 g/mol. The van der Waals surface area contributed by atoms with Crippen molar-refractivity contribution in [2.24, 2.45) is 0 Å². The van der Waals surface area contributed by atoms with E-state index < -0.39 is 0 Å². The lowest BCUT2D eigenvalue weighted by Gasteiger charge is -2.37. The molecule has 0 saturated carbocycles. The summed E-state index contributed by atoms with van der Waals surface area (Å²) in [5.74, 6) is 2.41. The Morgan fingerprint density at radius 2 is 1.62 bits per heavy atom. The zero-order valence-electron chi connectivity index (χ0n) is 22.8. The van der Waals surface area contributed by atoms with Crippen molar-refractivity contribution in [3.63, 3.8) is 0 Å². The summed E-state index contributed by atoms with van der Waals surface area (Å²) in [4.78, 5) is 36.2. The molecule has 0 aliphatic carbocycles. The first-order chi connectivity index (χ1) is 19.0. The molecule has 0 bridgehead atoms. The van der Waals surface area contributed by atoms with Gasteiger partial charge in [0.1, 0.15) is 17.5 Å². The molecule has 1 atom stereocenters. The van der Waals surface area contributed by atoms with E-state index >= 15 is 0 Å². The average Bonchev–Trinajstić information content (AvgIpc) is 3.65. The van der Waals surface area contributed by atoms with Crippen molar-refractivity contribution in [1.82, 2.24) is 19.9 Å². The van der Waals surface area contributed by atoms with Crippen LogP contribution in [0.4, 0.5) is 22.0 Å². The van der Waals surface area contributed by atoms with E-state index in [0.29, 0.717) is 11.6 Å². The van der Waals surface area contributed by atoms with Gasteiger partial charge in [-0.25, -0.2) is 14.4 Å². The first kappa shape index (κ1) is 25.5. The van der Waals surface area contributed by atoms with Crippen LogP contribution in [0.15, 0.2) is 42.6 Å². The van der Waals surface area contributed by atoms with Crippen molar-refractivity contribution in [3.05, 3.63) is 59.5 Å². The van der Waals surface area contributed by atoms with Crippen LogP contribution in [0.5, 0.6) is 0 Å². The number of pyridine rings is 1. The van der Waals surface area contributed by atoms with E-state index in [-0.39, 0.29) is 11.7 Å². The van der Waals surface area contributed by atoms with E-state index in [2.05, 4.69) is 21.6 Å². The summed E-state index contributed by atoms with van der Waals surface area (Å²) in [5.41, 5.74) is 3.40. The number of rotatable bonds is 5. The second-order valence-corrected chi connectivity index (χ2v) is 10.9. The van der Waals surface area contributed by atoms with Crippen molar-refractivity contribution in [2.45, 2.75) is 45.6 Å². The van der Waals surface area contributed by atoms with Gasteiger partial charge in [0.15, 0.2) is 0 Å². The molecule has 0 radical (unpaired) electrons. The van der Waals surface area contributed by atoms with Gasteiger partial charge in [0.2, 0.25) is 5.95 Å². The Labute approximate surface area is 229 Å². The number of aryl methyl sites for hydroxylation is 1. The van der Waals surface area contributed by atoms with Crippen LogP contribution in [0.1, 0.15) is 48.5 Å². The Kier molecular flexibility index (Phi) is 7.06. The van der Waals surface area contributed by atoms with E-state index in [1.165, 1.54) is 12.1 Å². The number of hydrogen-bond acceptors (Lipinski definition) is 7. The molecule has 5 heterocycles. The van der Waals surface area contributed by atoms with Gasteiger partial charge in [-0.3, -0.25) is 4.79 Å². The third-order valence-corrected chi connectivity index (χ3v) is 8.24. The number of aromatic nitrogens is 3. The molecule has 2 aromatic heterocycles. The predicted octanol–water partition coefficient (Wildman–Crippen LogP) is 4.54. The number of amides is 1. The Morgan fingerprint density at radius 3 is 2.28 bits per heavy atom. The largest absolute Gasteiger partial charge is 0.353 e. The van der Waals surface area contributed by atoms with Crippen LogP contribution in [0.25, 0.3) is 11.3 Å². The lowest BCUT2D eigenvalue weighted by atomic mass is 10.1. The number of nitrogens with zero attached hydrogens (tertiary/aromatic N) is 7. The third-order valence-electron chi connectivity index (χ3n) is 8.24. The van der Waals surface area contributed by atoms with Gasteiger partial charge in [0.05, 0.1) is 11.3 Å². The molecule has 0 N–H and O–H groups in total. The summed E-state index contributed by atoms with van der Waals surface area (Å²) in [6.07, 6.45) is 6.16. The highest BCUT2D eigenvalue weighted by Crippen LogP contribution is 2.30. The van der Waals surface area contributed by atoms with Gasteiger partial charge in [-0.2, -0.15) is 4.98 Å². The SMILES string of the molecule is Cc1cc(C(=O)N2CCCC2)cnc1N1CCN(c2cc(-c3ccc(F)cc3)nc(N3CCCC3C)n2)CC1. The number of carbonyl (C=O) groups is 1. The minimum atomic E-state index is -0.255. The first-order valence-electron chi connectivity index (χ1n) is 14.1. The number of benzene rings is 1. The molecule has 1 amide bonds. The molecule has 3 aromatic rings.